The van der Waals surface area contributed by atoms with E-state index < -0.39 is 0 Å². The van der Waals surface area contributed by atoms with E-state index in [2.05, 4.69) is 17.3 Å². The van der Waals surface area contributed by atoms with Gasteiger partial charge in [0.2, 0.25) is 0 Å². The fourth-order valence-corrected chi connectivity index (χ4v) is 2.63. The van der Waals surface area contributed by atoms with Crippen LogP contribution < -0.4 is 11.3 Å². The summed E-state index contributed by atoms with van der Waals surface area (Å²) in [6.45, 7) is 2.06. The summed E-state index contributed by atoms with van der Waals surface area (Å²) in [6, 6.07) is 7.68. The first-order chi connectivity index (χ1) is 7.72. The summed E-state index contributed by atoms with van der Waals surface area (Å²) in [5.41, 5.74) is 3.59. The van der Waals surface area contributed by atoms with Crippen molar-refractivity contribution in [3.05, 3.63) is 35.4 Å². The molecule has 1 aliphatic rings. The fraction of sp³-hybridized carbons (Fsp3) is 0.273. The van der Waals surface area contributed by atoms with Crippen LogP contribution in [-0.2, 0) is 0 Å². The van der Waals surface area contributed by atoms with Crippen LogP contribution in [0.5, 0.6) is 0 Å². The van der Waals surface area contributed by atoms with Crippen LogP contribution in [0.4, 0.5) is 0 Å². The van der Waals surface area contributed by atoms with Crippen molar-refractivity contribution in [2.24, 2.45) is 10.8 Å². The smallest absolute Gasteiger partial charge is 0.265 e. The zero-order valence-electron chi connectivity index (χ0n) is 8.93. The number of nitrogens with two attached hydrogens (primary N) is 1. The zero-order chi connectivity index (χ0) is 11.5. The number of nitrogens with one attached hydrogen (secondary N) is 1. The highest BCUT2D eigenvalue weighted by Gasteiger charge is 2.20. The third-order valence-electron chi connectivity index (χ3n) is 2.33. The monoisotopic (exact) mass is 235 g/mol. The molecule has 84 valence electrons. The zero-order valence-corrected chi connectivity index (χ0v) is 9.75. The molecule has 0 saturated heterocycles. The Hall–Kier alpha value is -1.33. The molecule has 0 bridgehead atoms. The second-order valence-electron chi connectivity index (χ2n) is 3.61. The standard InChI is InChI=1S/C11H13N3OS/c1-7-6-16-11(13-7)9-5-3-2-4-8(9)10(15)14-12/h2-5,7H,6,12H2,1H3,(H,14,15). The second-order valence-corrected chi connectivity index (χ2v) is 4.62. The Labute approximate surface area is 98.3 Å². The van der Waals surface area contributed by atoms with Gasteiger partial charge in [-0.1, -0.05) is 18.2 Å². The van der Waals surface area contributed by atoms with Crippen molar-refractivity contribution in [1.82, 2.24) is 5.43 Å². The third-order valence-corrected chi connectivity index (χ3v) is 3.58. The number of benzene rings is 1. The summed E-state index contributed by atoms with van der Waals surface area (Å²) in [5.74, 6) is 5.84. The van der Waals surface area contributed by atoms with Crippen molar-refractivity contribution in [1.29, 1.82) is 0 Å². The van der Waals surface area contributed by atoms with Gasteiger partial charge < -0.3 is 0 Å². The lowest BCUT2D eigenvalue weighted by Gasteiger charge is -2.06. The number of carbonyl (C=O) groups is 1. The van der Waals surface area contributed by atoms with Gasteiger partial charge in [-0.05, 0) is 13.0 Å². The van der Waals surface area contributed by atoms with Gasteiger partial charge in [-0.3, -0.25) is 15.2 Å². The lowest BCUT2D eigenvalue weighted by molar-refractivity contribution is 0.0953. The van der Waals surface area contributed by atoms with Gasteiger partial charge in [0.1, 0.15) is 0 Å². The van der Waals surface area contributed by atoms with Crippen LogP contribution in [0.3, 0.4) is 0 Å². The van der Waals surface area contributed by atoms with Gasteiger partial charge >= 0.3 is 0 Å². The van der Waals surface area contributed by atoms with Gasteiger partial charge in [-0.2, -0.15) is 0 Å². The Bertz CT molecular complexity index is 445. The molecular weight excluding hydrogens is 222 g/mol. The summed E-state index contributed by atoms with van der Waals surface area (Å²) in [5, 5.41) is 0.923. The van der Waals surface area contributed by atoms with E-state index in [0.717, 1.165) is 16.4 Å². The lowest BCUT2D eigenvalue weighted by atomic mass is 10.1. The van der Waals surface area contributed by atoms with E-state index in [1.165, 1.54) is 0 Å². The van der Waals surface area contributed by atoms with E-state index >= 15 is 0 Å². The average Bonchev–Trinajstić information content (AvgIpc) is 2.75. The Morgan fingerprint density at radius 3 is 2.94 bits per heavy atom. The molecule has 16 heavy (non-hydrogen) atoms. The summed E-state index contributed by atoms with van der Waals surface area (Å²) in [6.07, 6.45) is 0. The Balaban J connectivity index is 2.41. The number of carbonyl (C=O) groups excluding carboxylic acids is 1. The molecule has 1 aromatic carbocycles. The minimum atomic E-state index is -0.279. The number of nitrogen functional groups attached to an aromatic ring is 1. The Morgan fingerprint density at radius 2 is 2.31 bits per heavy atom. The Kier molecular flexibility index (Phi) is 3.26. The number of rotatable bonds is 2. The maximum atomic E-state index is 11.6. The predicted molar refractivity (Wildman–Crippen MR) is 66.6 cm³/mol. The van der Waals surface area contributed by atoms with Crippen molar-refractivity contribution in [2.75, 3.05) is 5.75 Å². The number of hydrazine groups is 1. The van der Waals surface area contributed by atoms with Crippen LogP contribution in [0, 0.1) is 0 Å². The van der Waals surface area contributed by atoms with Crippen molar-refractivity contribution in [3.8, 4) is 0 Å². The van der Waals surface area contributed by atoms with E-state index in [1.807, 2.05) is 18.2 Å². The number of hydrogen-bond donors (Lipinski definition) is 2. The maximum absolute atomic E-state index is 11.6. The number of hydrogen-bond acceptors (Lipinski definition) is 4. The molecule has 5 heteroatoms. The van der Waals surface area contributed by atoms with E-state index in [1.54, 1.807) is 17.8 Å². The average molecular weight is 235 g/mol. The first-order valence-electron chi connectivity index (χ1n) is 5.03. The number of nitrogens with zero attached hydrogens (tertiary/aromatic N) is 1. The molecule has 3 N–H and O–H groups in total. The van der Waals surface area contributed by atoms with Crippen LogP contribution in [0.25, 0.3) is 0 Å². The van der Waals surface area contributed by atoms with Gasteiger partial charge in [0.05, 0.1) is 16.6 Å². The Morgan fingerprint density at radius 1 is 1.56 bits per heavy atom. The van der Waals surface area contributed by atoms with Crippen molar-refractivity contribution < 1.29 is 4.79 Å². The third kappa shape index (κ3) is 2.10. The molecule has 1 aromatic rings. The van der Waals surface area contributed by atoms with E-state index in [0.29, 0.717) is 11.6 Å². The molecule has 4 nitrogen and oxygen atoms in total. The predicted octanol–water partition coefficient (Wildman–Crippen LogP) is 1.17. The molecular formula is C11H13N3OS. The largest absolute Gasteiger partial charge is 0.290 e. The van der Waals surface area contributed by atoms with Crippen molar-refractivity contribution in [3.63, 3.8) is 0 Å². The van der Waals surface area contributed by atoms with Crippen LogP contribution in [0.15, 0.2) is 29.3 Å². The molecule has 1 amide bonds. The second kappa shape index (κ2) is 4.67. The van der Waals surface area contributed by atoms with Gasteiger partial charge in [0.15, 0.2) is 0 Å². The lowest BCUT2D eigenvalue weighted by Crippen LogP contribution is -2.31. The number of amides is 1. The molecule has 1 unspecified atom stereocenters. The van der Waals surface area contributed by atoms with E-state index in [9.17, 15) is 4.79 Å². The minimum Gasteiger partial charge on any atom is -0.290 e. The van der Waals surface area contributed by atoms with Crippen molar-refractivity contribution >= 4 is 22.7 Å². The topological polar surface area (TPSA) is 67.5 Å². The molecule has 0 fully saturated rings. The van der Waals surface area contributed by atoms with Gasteiger partial charge in [0, 0.05) is 11.3 Å². The van der Waals surface area contributed by atoms with Crippen LogP contribution >= 0.6 is 11.8 Å². The van der Waals surface area contributed by atoms with E-state index in [4.69, 9.17) is 5.84 Å². The minimum absolute atomic E-state index is 0.279. The van der Waals surface area contributed by atoms with Crippen molar-refractivity contribution in [2.45, 2.75) is 13.0 Å². The van der Waals surface area contributed by atoms with Crippen LogP contribution in [-0.4, -0.2) is 22.7 Å². The number of aliphatic imine (C=N–C) groups is 1. The SMILES string of the molecule is CC1CSC(c2ccccc2C(=O)NN)=N1. The summed E-state index contributed by atoms with van der Waals surface area (Å²) >= 11 is 1.67. The summed E-state index contributed by atoms with van der Waals surface area (Å²) in [4.78, 5) is 16.1. The molecule has 0 aromatic heterocycles. The molecule has 1 atom stereocenters. The van der Waals surface area contributed by atoms with Gasteiger partial charge in [-0.15, -0.1) is 11.8 Å². The van der Waals surface area contributed by atoms with Crippen LogP contribution in [0.2, 0.25) is 0 Å². The summed E-state index contributed by atoms with van der Waals surface area (Å²) < 4.78 is 0. The van der Waals surface area contributed by atoms with Crippen LogP contribution in [0.1, 0.15) is 22.8 Å². The number of thioether (sulfide) groups is 1. The maximum Gasteiger partial charge on any atom is 0.265 e. The first-order valence-corrected chi connectivity index (χ1v) is 6.02. The molecule has 2 rings (SSSR count). The molecule has 1 heterocycles. The highest BCUT2D eigenvalue weighted by Crippen LogP contribution is 2.25. The van der Waals surface area contributed by atoms with Gasteiger partial charge in [-0.25, -0.2) is 5.84 Å². The highest BCUT2D eigenvalue weighted by molar-refractivity contribution is 8.14. The van der Waals surface area contributed by atoms with E-state index in [-0.39, 0.29) is 5.91 Å². The quantitative estimate of drug-likeness (QED) is 0.459. The fourth-order valence-electron chi connectivity index (χ4n) is 1.57. The normalized spacial score (nSPS) is 19.4. The highest BCUT2D eigenvalue weighted by atomic mass is 32.2. The first kappa shape index (κ1) is 11.2. The molecule has 0 radical (unpaired) electrons. The van der Waals surface area contributed by atoms with Gasteiger partial charge in [0.25, 0.3) is 5.91 Å². The molecule has 0 spiro atoms. The molecule has 1 aliphatic heterocycles. The molecule has 0 aliphatic carbocycles. The molecule has 0 saturated carbocycles. The summed E-state index contributed by atoms with van der Waals surface area (Å²) in [7, 11) is 0.